The molecule has 1 aromatic carbocycles. The van der Waals surface area contributed by atoms with Gasteiger partial charge in [0.1, 0.15) is 5.82 Å². The fourth-order valence-corrected chi connectivity index (χ4v) is 2.98. The van der Waals surface area contributed by atoms with Crippen molar-refractivity contribution in [1.82, 2.24) is 15.6 Å². The predicted octanol–water partition coefficient (Wildman–Crippen LogP) is 3.59. The fourth-order valence-electron chi connectivity index (χ4n) is 2.98. The van der Waals surface area contributed by atoms with Gasteiger partial charge in [0.25, 0.3) is 0 Å². The van der Waals surface area contributed by atoms with Gasteiger partial charge >= 0.3 is 0 Å². The number of nitrogens with one attached hydrogen (secondary N) is 2. The van der Waals surface area contributed by atoms with Crippen molar-refractivity contribution in [2.75, 3.05) is 20.1 Å². The van der Waals surface area contributed by atoms with Crippen LogP contribution in [0.5, 0.6) is 0 Å². The first kappa shape index (κ1) is 20.6. The third kappa shape index (κ3) is 5.40. The summed E-state index contributed by atoms with van der Waals surface area (Å²) in [6, 6.07) is 11.1. The molecule has 2 N–H and O–H groups in total. The van der Waals surface area contributed by atoms with E-state index < -0.39 is 0 Å². The Kier molecular flexibility index (Phi) is 7.37. The second-order valence-corrected chi connectivity index (χ2v) is 6.70. The number of aromatic nitrogens is 1. The normalized spacial score (nSPS) is 15.1. The van der Waals surface area contributed by atoms with Crippen LogP contribution in [0.2, 0.25) is 0 Å². The molecule has 140 valence electrons. The maximum Gasteiger partial charge on any atom is 0.191 e. The lowest BCUT2D eigenvalue weighted by molar-refractivity contribution is 0.607. The van der Waals surface area contributed by atoms with Gasteiger partial charge in [-0.05, 0) is 55.5 Å². The maximum atomic E-state index is 13.5. The summed E-state index contributed by atoms with van der Waals surface area (Å²) in [4.78, 5) is 8.59. The summed E-state index contributed by atoms with van der Waals surface area (Å²) in [6.07, 6.45) is 4.96. The number of benzene rings is 1. The van der Waals surface area contributed by atoms with E-state index in [4.69, 9.17) is 0 Å². The Labute approximate surface area is 171 Å². The molecule has 2 aromatic rings. The number of rotatable bonds is 6. The molecule has 1 aliphatic rings. The minimum atomic E-state index is -0.169. The topological polar surface area (TPSA) is 49.3 Å². The molecule has 1 fully saturated rings. The first-order valence-electron chi connectivity index (χ1n) is 8.73. The molecule has 0 unspecified atom stereocenters. The zero-order valence-electron chi connectivity index (χ0n) is 15.3. The van der Waals surface area contributed by atoms with Gasteiger partial charge in [-0.1, -0.05) is 18.2 Å². The molecule has 0 radical (unpaired) electrons. The molecule has 0 spiro atoms. The Morgan fingerprint density at radius 2 is 2.04 bits per heavy atom. The highest BCUT2D eigenvalue weighted by Crippen LogP contribution is 2.47. The Morgan fingerprint density at radius 3 is 2.65 bits per heavy atom. The summed E-state index contributed by atoms with van der Waals surface area (Å²) in [7, 11) is 1.77. The van der Waals surface area contributed by atoms with Crippen LogP contribution < -0.4 is 10.6 Å². The van der Waals surface area contributed by atoms with Crippen LogP contribution >= 0.6 is 24.0 Å². The van der Waals surface area contributed by atoms with Gasteiger partial charge in [0.05, 0.1) is 0 Å². The third-order valence-electron chi connectivity index (χ3n) is 4.79. The van der Waals surface area contributed by atoms with E-state index in [-0.39, 0.29) is 35.2 Å². The second kappa shape index (κ2) is 9.30. The van der Waals surface area contributed by atoms with E-state index in [2.05, 4.69) is 26.7 Å². The van der Waals surface area contributed by atoms with Crippen LogP contribution in [-0.4, -0.2) is 31.1 Å². The number of hydrogen-bond acceptors (Lipinski definition) is 2. The second-order valence-electron chi connectivity index (χ2n) is 6.70. The van der Waals surface area contributed by atoms with E-state index in [1.54, 1.807) is 19.2 Å². The van der Waals surface area contributed by atoms with E-state index in [0.29, 0.717) is 0 Å². The number of pyridine rings is 1. The van der Waals surface area contributed by atoms with Crippen LogP contribution in [0.25, 0.3) is 0 Å². The Bertz CT molecular complexity index is 742. The highest BCUT2D eigenvalue weighted by atomic mass is 127. The standard InChI is InChI=1S/C20H25FN4.HI/c1-15-6-7-16(13-24-15)8-11-23-19(22-2)25-14-20(9-10-20)17-4-3-5-18(21)12-17;/h3-7,12-13H,8-11,14H2,1-2H3,(H2,22,23,25);1H. The van der Waals surface area contributed by atoms with Gasteiger partial charge in [0, 0.05) is 37.4 Å². The van der Waals surface area contributed by atoms with Gasteiger partial charge in [0.2, 0.25) is 0 Å². The predicted molar refractivity (Wildman–Crippen MR) is 115 cm³/mol. The van der Waals surface area contributed by atoms with Crippen LogP contribution in [0.3, 0.4) is 0 Å². The molecule has 1 aliphatic carbocycles. The summed E-state index contributed by atoms with van der Waals surface area (Å²) < 4.78 is 13.5. The maximum absolute atomic E-state index is 13.5. The summed E-state index contributed by atoms with van der Waals surface area (Å²) in [5, 5.41) is 6.72. The SMILES string of the molecule is CN=C(NCCc1ccc(C)nc1)NCC1(c2cccc(F)c2)CC1.I. The Morgan fingerprint density at radius 1 is 1.23 bits per heavy atom. The van der Waals surface area contributed by atoms with Gasteiger partial charge < -0.3 is 10.6 Å². The van der Waals surface area contributed by atoms with Crippen molar-refractivity contribution in [2.45, 2.75) is 31.6 Å². The number of guanidine groups is 1. The van der Waals surface area contributed by atoms with E-state index in [1.165, 1.54) is 11.6 Å². The first-order valence-corrected chi connectivity index (χ1v) is 8.73. The van der Waals surface area contributed by atoms with Crippen LogP contribution in [0, 0.1) is 12.7 Å². The van der Waals surface area contributed by atoms with Crippen LogP contribution in [0.15, 0.2) is 47.6 Å². The molecule has 3 rings (SSSR count). The number of aliphatic imine (C=N–C) groups is 1. The molecule has 6 heteroatoms. The van der Waals surface area contributed by atoms with E-state index in [9.17, 15) is 4.39 Å². The number of nitrogens with zero attached hydrogens (tertiary/aromatic N) is 2. The molecule has 0 saturated heterocycles. The summed E-state index contributed by atoms with van der Waals surface area (Å²) in [6.45, 7) is 3.54. The van der Waals surface area contributed by atoms with Crippen LogP contribution in [0.4, 0.5) is 4.39 Å². The zero-order valence-corrected chi connectivity index (χ0v) is 17.6. The highest BCUT2D eigenvalue weighted by Gasteiger charge is 2.44. The first-order chi connectivity index (χ1) is 12.1. The van der Waals surface area contributed by atoms with Crippen molar-refractivity contribution in [3.8, 4) is 0 Å². The van der Waals surface area contributed by atoms with Gasteiger partial charge in [-0.15, -0.1) is 24.0 Å². The van der Waals surface area contributed by atoms with Crippen LogP contribution in [0.1, 0.15) is 29.7 Å². The quantitative estimate of drug-likeness (QED) is 0.387. The van der Waals surface area contributed by atoms with Crippen molar-refractivity contribution in [1.29, 1.82) is 0 Å². The lowest BCUT2D eigenvalue weighted by atomic mass is 9.96. The number of hydrogen-bond donors (Lipinski definition) is 2. The van der Waals surface area contributed by atoms with Gasteiger partial charge in [0.15, 0.2) is 5.96 Å². The smallest absolute Gasteiger partial charge is 0.191 e. The van der Waals surface area contributed by atoms with Gasteiger partial charge in [-0.25, -0.2) is 4.39 Å². The molecule has 0 aliphatic heterocycles. The van der Waals surface area contributed by atoms with E-state index in [0.717, 1.165) is 49.6 Å². The largest absolute Gasteiger partial charge is 0.356 e. The summed E-state index contributed by atoms with van der Waals surface area (Å²) >= 11 is 0. The molecule has 0 atom stereocenters. The molecule has 0 amide bonds. The van der Waals surface area contributed by atoms with Crippen molar-refractivity contribution >= 4 is 29.9 Å². The summed E-state index contributed by atoms with van der Waals surface area (Å²) in [5.74, 6) is 0.612. The number of aryl methyl sites for hydroxylation is 1. The Balaban J connectivity index is 0.00000243. The van der Waals surface area contributed by atoms with Crippen molar-refractivity contribution in [3.05, 3.63) is 65.2 Å². The lowest BCUT2D eigenvalue weighted by Crippen LogP contribution is -2.42. The fraction of sp³-hybridized carbons (Fsp3) is 0.400. The van der Waals surface area contributed by atoms with Crippen molar-refractivity contribution in [2.24, 2.45) is 4.99 Å². The van der Waals surface area contributed by atoms with Crippen molar-refractivity contribution in [3.63, 3.8) is 0 Å². The average Bonchev–Trinajstić information content (AvgIpc) is 3.41. The van der Waals surface area contributed by atoms with E-state index in [1.807, 2.05) is 25.3 Å². The molecule has 26 heavy (non-hydrogen) atoms. The highest BCUT2D eigenvalue weighted by molar-refractivity contribution is 14.0. The molecule has 1 aromatic heterocycles. The third-order valence-corrected chi connectivity index (χ3v) is 4.79. The molecule has 4 nitrogen and oxygen atoms in total. The average molecular weight is 468 g/mol. The lowest BCUT2D eigenvalue weighted by Gasteiger charge is -2.19. The van der Waals surface area contributed by atoms with Crippen LogP contribution in [-0.2, 0) is 11.8 Å². The van der Waals surface area contributed by atoms with Gasteiger partial charge in [-0.3, -0.25) is 9.98 Å². The monoisotopic (exact) mass is 468 g/mol. The van der Waals surface area contributed by atoms with Gasteiger partial charge in [-0.2, -0.15) is 0 Å². The molecule has 1 saturated carbocycles. The molecular formula is C20H26FIN4. The van der Waals surface area contributed by atoms with Crippen molar-refractivity contribution < 1.29 is 4.39 Å². The van der Waals surface area contributed by atoms with E-state index >= 15 is 0 Å². The molecule has 0 bridgehead atoms. The summed E-state index contributed by atoms with van der Waals surface area (Å²) in [5.41, 5.74) is 3.34. The molecule has 1 heterocycles. The Hall–Kier alpha value is -1.70. The number of halogens is 2. The minimum absolute atomic E-state index is 0. The minimum Gasteiger partial charge on any atom is -0.356 e. The zero-order chi connectivity index (χ0) is 17.7. The molecular weight excluding hydrogens is 442 g/mol.